The summed E-state index contributed by atoms with van der Waals surface area (Å²) in [6.45, 7) is 6.65. The van der Waals surface area contributed by atoms with Crippen molar-refractivity contribution in [3.8, 4) is 0 Å². The predicted molar refractivity (Wildman–Crippen MR) is 72.7 cm³/mol. The zero-order valence-electron chi connectivity index (χ0n) is 10.6. The van der Waals surface area contributed by atoms with Gasteiger partial charge in [0.25, 0.3) is 0 Å². The molecule has 0 amide bonds. The number of aromatic nitrogens is 1. The molecule has 0 aliphatic heterocycles. The molecule has 0 radical (unpaired) electrons. The fourth-order valence-electron chi connectivity index (χ4n) is 1.65. The third-order valence-electron chi connectivity index (χ3n) is 2.67. The Labute approximate surface area is 103 Å². The molecular formula is C15H18N2. The Kier molecular flexibility index (Phi) is 3.14. The highest BCUT2D eigenvalue weighted by Crippen LogP contribution is 2.25. The van der Waals surface area contributed by atoms with Crippen molar-refractivity contribution in [2.24, 2.45) is 0 Å². The Morgan fingerprint density at radius 3 is 2.47 bits per heavy atom. The fourth-order valence-corrected chi connectivity index (χ4v) is 1.65. The topological polar surface area (TPSA) is 24.9 Å². The summed E-state index contributed by atoms with van der Waals surface area (Å²) in [5, 5.41) is 3.31. The van der Waals surface area contributed by atoms with Crippen LogP contribution in [-0.2, 0) is 5.41 Å². The summed E-state index contributed by atoms with van der Waals surface area (Å²) in [5.41, 5.74) is 2.57. The first kappa shape index (κ1) is 11.6. The molecule has 0 atom stereocenters. The lowest BCUT2D eigenvalue weighted by Crippen LogP contribution is -2.11. The summed E-state index contributed by atoms with van der Waals surface area (Å²) in [5.74, 6) is 0.874. The highest BCUT2D eigenvalue weighted by Gasteiger charge is 2.13. The molecule has 0 fully saturated rings. The maximum Gasteiger partial charge on any atom is 0.130 e. The quantitative estimate of drug-likeness (QED) is 0.833. The molecule has 88 valence electrons. The first-order valence-electron chi connectivity index (χ1n) is 5.84. The van der Waals surface area contributed by atoms with Crippen molar-refractivity contribution < 1.29 is 0 Å². The molecule has 2 nitrogen and oxygen atoms in total. The second kappa shape index (κ2) is 4.58. The summed E-state index contributed by atoms with van der Waals surface area (Å²) < 4.78 is 0. The van der Waals surface area contributed by atoms with E-state index in [0.717, 1.165) is 11.5 Å². The van der Waals surface area contributed by atoms with E-state index in [-0.39, 0.29) is 5.41 Å². The van der Waals surface area contributed by atoms with Crippen molar-refractivity contribution in [2.75, 3.05) is 5.32 Å². The van der Waals surface area contributed by atoms with Gasteiger partial charge in [-0.25, -0.2) is 4.98 Å². The Hall–Kier alpha value is -1.83. The van der Waals surface area contributed by atoms with Gasteiger partial charge in [-0.05, 0) is 35.2 Å². The highest BCUT2D eigenvalue weighted by atomic mass is 15.0. The number of nitrogens with zero attached hydrogens (tertiary/aromatic N) is 1. The smallest absolute Gasteiger partial charge is 0.130 e. The molecule has 2 rings (SSSR count). The van der Waals surface area contributed by atoms with Crippen LogP contribution in [0.4, 0.5) is 11.5 Å². The van der Waals surface area contributed by atoms with Crippen LogP contribution in [0, 0.1) is 0 Å². The minimum absolute atomic E-state index is 0.168. The molecule has 1 N–H and O–H groups in total. The summed E-state index contributed by atoms with van der Waals surface area (Å²) in [7, 11) is 0. The Balaban J connectivity index is 2.23. The van der Waals surface area contributed by atoms with Gasteiger partial charge in [-0.2, -0.15) is 0 Å². The Morgan fingerprint density at radius 1 is 1.00 bits per heavy atom. The maximum absolute atomic E-state index is 4.25. The molecule has 17 heavy (non-hydrogen) atoms. The molecule has 0 aliphatic carbocycles. The van der Waals surface area contributed by atoms with Crippen LogP contribution in [0.15, 0.2) is 48.7 Å². The van der Waals surface area contributed by atoms with E-state index in [2.05, 4.69) is 55.3 Å². The third-order valence-corrected chi connectivity index (χ3v) is 2.67. The van der Waals surface area contributed by atoms with Crippen LogP contribution >= 0.6 is 0 Å². The third kappa shape index (κ3) is 3.06. The van der Waals surface area contributed by atoms with Crippen LogP contribution in [-0.4, -0.2) is 4.98 Å². The molecule has 0 aliphatic rings. The van der Waals surface area contributed by atoms with Gasteiger partial charge in [-0.3, -0.25) is 0 Å². The molecular weight excluding hydrogens is 208 g/mol. The van der Waals surface area contributed by atoms with Gasteiger partial charge in [0.15, 0.2) is 0 Å². The van der Waals surface area contributed by atoms with E-state index >= 15 is 0 Å². The number of benzene rings is 1. The second-order valence-corrected chi connectivity index (χ2v) is 5.17. The standard InChI is InChI=1S/C15H18N2/c1-15(2,3)12-7-6-8-13(11-12)17-14-9-4-5-10-16-14/h4-11H,1-3H3,(H,16,17). The SMILES string of the molecule is CC(C)(C)c1cccc(Nc2ccccn2)c1. The normalized spacial score (nSPS) is 11.2. The van der Waals surface area contributed by atoms with Crippen molar-refractivity contribution in [3.05, 3.63) is 54.2 Å². The minimum atomic E-state index is 0.168. The van der Waals surface area contributed by atoms with Gasteiger partial charge < -0.3 is 5.32 Å². The summed E-state index contributed by atoms with van der Waals surface area (Å²) in [6.07, 6.45) is 1.79. The highest BCUT2D eigenvalue weighted by molar-refractivity contribution is 5.57. The maximum atomic E-state index is 4.25. The van der Waals surface area contributed by atoms with Crippen molar-refractivity contribution in [1.29, 1.82) is 0 Å². The van der Waals surface area contributed by atoms with Gasteiger partial charge in [0.1, 0.15) is 5.82 Å². The van der Waals surface area contributed by atoms with Crippen molar-refractivity contribution in [2.45, 2.75) is 26.2 Å². The summed E-state index contributed by atoms with van der Waals surface area (Å²) >= 11 is 0. The number of hydrogen-bond donors (Lipinski definition) is 1. The lowest BCUT2D eigenvalue weighted by Gasteiger charge is -2.20. The first-order valence-corrected chi connectivity index (χ1v) is 5.84. The van der Waals surface area contributed by atoms with E-state index in [1.165, 1.54) is 5.56 Å². The van der Waals surface area contributed by atoms with Gasteiger partial charge in [0, 0.05) is 11.9 Å². The minimum Gasteiger partial charge on any atom is -0.340 e. The van der Waals surface area contributed by atoms with Crippen LogP contribution in [0.25, 0.3) is 0 Å². The average molecular weight is 226 g/mol. The Bertz CT molecular complexity index is 484. The zero-order valence-corrected chi connectivity index (χ0v) is 10.6. The van der Waals surface area contributed by atoms with Crippen LogP contribution in [0.5, 0.6) is 0 Å². The van der Waals surface area contributed by atoms with Crippen LogP contribution in [0.3, 0.4) is 0 Å². The fraction of sp³-hybridized carbons (Fsp3) is 0.267. The van der Waals surface area contributed by atoms with Gasteiger partial charge in [0.05, 0.1) is 0 Å². The van der Waals surface area contributed by atoms with E-state index in [4.69, 9.17) is 0 Å². The zero-order chi connectivity index (χ0) is 12.3. The molecule has 0 spiro atoms. The van der Waals surface area contributed by atoms with Crippen molar-refractivity contribution >= 4 is 11.5 Å². The second-order valence-electron chi connectivity index (χ2n) is 5.17. The molecule has 0 saturated carbocycles. The van der Waals surface area contributed by atoms with E-state index in [0.29, 0.717) is 0 Å². The number of anilines is 2. The van der Waals surface area contributed by atoms with E-state index in [1.54, 1.807) is 6.20 Å². The van der Waals surface area contributed by atoms with E-state index < -0.39 is 0 Å². The molecule has 1 heterocycles. The van der Waals surface area contributed by atoms with Crippen LogP contribution in [0.1, 0.15) is 26.3 Å². The molecule has 0 unspecified atom stereocenters. The average Bonchev–Trinajstić information content (AvgIpc) is 2.29. The van der Waals surface area contributed by atoms with Crippen molar-refractivity contribution in [1.82, 2.24) is 4.98 Å². The first-order chi connectivity index (χ1) is 8.05. The molecule has 0 saturated heterocycles. The molecule has 2 heteroatoms. The van der Waals surface area contributed by atoms with E-state index in [9.17, 15) is 0 Å². The summed E-state index contributed by atoms with van der Waals surface area (Å²) in [4.78, 5) is 4.25. The number of nitrogens with one attached hydrogen (secondary N) is 1. The van der Waals surface area contributed by atoms with Crippen LogP contribution < -0.4 is 5.32 Å². The van der Waals surface area contributed by atoms with Gasteiger partial charge >= 0.3 is 0 Å². The largest absolute Gasteiger partial charge is 0.340 e. The van der Waals surface area contributed by atoms with E-state index in [1.807, 2.05) is 18.2 Å². The number of pyridine rings is 1. The molecule has 2 aromatic rings. The monoisotopic (exact) mass is 226 g/mol. The Morgan fingerprint density at radius 2 is 1.82 bits per heavy atom. The molecule has 1 aromatic heterocycles. The summed E-state index contributed by atoms with van der Waals surface area (Å²) in [6, 6.07) is 14.3. The molecule has 0 bridgehead atoms. The number of hydrogen-bond acceptors (Lipinski definition) is 2. The lowest BCUT2D eigenvalue weighted by atomic mass is 9.87. The van der Waals surface area contributed by atoms with Gasteiger partial charge in [-0.15, -0.1) is 0 Å². The molecule has 1 aromatic carbocycles. The van der Waals surface area contributed by atoms with Gasteiger partial charge in [0.2, 0.25) is 0 Å². The number of rotatable bonds is 2. The van der Waals surface area contributed by atoms with Crippen LogP contribution in [0.2, 0.25) is 0 Å². The van der Waals surface area contributed by atoms with Crippen molar-refractivity contribution in [3.63, 3.8) is 0 Å². The lowest BCUT2D eigenvalue weighted by molar-refractivity contribution is 0.590. The predicted octanol–water partition coefficient (Wildman–Crippen LogP) is 4.12. The van der Waals surface area contributed by atoms with Gasteiger partial charge in [-0.1, -0.05) is 39.0 Å².